The van der Waals surface area contributed by atoms with E-state index in [0.717, 1.165) is 12.3 Å². The Morgan fingerprint density at radius 2 is 1.63 bits per heavy atom. The Bertz CT molecular complexity index is 1000. The predicted molar refractivity (Wildman–Crippen MR) is 92.8 cm³/mol. The van der Waals surface area contributed by atoms with Gasteiger partial charge in [-0.05, 0) is 0 Å². The summed E-state index contributed by atoms with van der Waals surface area (Å²) < 4.78 is 50.6. The Morgan fingerprint density at radius 1 is 1.03 bits per heavy atom. The van der Waals surface area contributed by atoms with Crippen molar-refractivity contribution in [1.82, 2.24) is 9.55 Å². The van der Waals surface area contributed by atoms with Crippen LogP contribution in [0.4, 0.5) is 0 Å². The number of hydrogen-bond acceptors (Lipinski definition) is 11. The van der Waals surface area contributed by atoms with Gasteiger partial charge in [0.05, 0.1) is 6.61 Å². The van der Waals surface area contributed by atoms with E-state index in [1.807, 2.05) is 4.98 Å². The van der Waals surface area contributed by atoms with E-state index >= 15 is 0 Å². The maximum absolute atomic E-state index is 11.7. The summed E-state index contributed by atoms with van der Waals surface area (Å²) in [4.78, 5) is 59.9. The summed E-state index contributed by atoms with van der Waals surface area (Å²) in [5.41, 5.74) is -1.74. The van der Waals surface area contributed by atoms with Crippen LogP contribution >= 0.6 is 23.5 Å². The third kappa shape index (κ3) is 7.83. The molecule has 0 aromatic carbocycles. The molecule has 2 heterocycles. The van der Waals surface area contributed by atoms with Gasteiger partial charge in [-0.1, -0.05) is 0 Å². The third-order valence-electron chi connectivity index (χ3n) is 3.28. The smallest absolute Gasteiger partial charge is 0.387 e. The number of aliphatic hydroxyl groups excluding tert-OH is 2. The molecule has 0 aliphatic carbocycles. The number of aliphatic hydroxyl groups is 2. The summed E-state index contributed by atoms with van der Waals surface area (Å²) >= 11 is 0. The predicted octanol–water partition coefficient (Wildman–Crippen LogP) is -2.88. The molecule has 21 heteroatoms. The van der Waals surface area contributed by atoms with Gasteiger partial charge in [-0.15, -0.1) is 0 Å². The van der Waals surface area contributed by atoms with Crippen LogP contribution in [0.3, 0.4) is 0 Å². The van der Waals surface area contributed by atoms with Crippen molar-refractivity contribution in [2.75, 3.05) is 6.61 Å². The molecule has 1 aliphatic rings. The van der Waals surface area contributed by atoms with Gasteiger partial charge < -0.3 is 34.5 Å². The number of aromatic amines is 1. The molecule has 1 aromatic heterocycles. The molecule has 1 fully saturated rings. The molecular weight excluding hydrogens is 492 g/mol. The number of rotatable bonds is 8. The molecule has 1 aromatic rings. The molecule has 1 radical (unpaired) electrons. The number of nitrogens with zero attached hydrogens (tertiary/aromatic N) is 1. The standard InChI is InChI=1S/C9H15N2O15P3.Na/c12-5-1-2-11(9(15)10-5)8-7(14)6(13)4(24-8)3-23-28(19,20)26-29(21,22)25-27(16,17)18;/h1-2,4,6-8,13-14H,3H2,(H,19,20)(H,21,22)(H,10,12,15)(H2,16,17,18);. The van der Waals surface area contributed by atoms with Gasteiger partial charge in [-0.2, -0.15) is 8.62 Å². The van der Waals surface area contributed by atoms with E-state index in [1.54, 1.807) is 0 Å². The summed E-state index contributed by atoms with van der Waals surface area (Å²) in [5, 5.41) is 19.9. The Morgan fingerprint density at radius 3 is 2.17 bits per heavy atom. The normalized spacial score (nSPS) is 28.3. The van der Waals surface area contributed by atoms with Crippen LogP contribution in [0.15, 0.2) is 21.9 Å². The van der Waals surface area contributed by atoms with Crippen LogP contribution in [0.2, 0.25) is 0 Å². The van der Waals surface area contributed by atoms with E-state index < -0.39 is 65.9 Å². The average Bonchev–Trinajstić information content (AvgIpc) is 2.78. The van der Waals surface area contributed by atoms with Crippen molar-refractivity contribution in [3.05, 3.63) is 33.1 Å². The number of aromatic nitrogens is 2. The molecule has 0 amide bonds. The molecule has 1 aliphatic heterocycles. The van der Waals surface area contributed by atoms with Gasteiger partial charge in [0.25, 0.3) is 5.56 Å². The van der Waals surface area contributed by atoms with Crippen molar-refractivity contribution in [3.63, 3.8) is 0 Å². The molecule has 30 heavy (non-hydrogen) atoms. The van der Waals surface area contributed by atoms with Gasteiger partial charge >= 0.3 is 29.2 Å². The molecule has 17 nitrogen and oxygen atoms in total. The number of nitrogens with one attached hydrogen (secondary N) is 1. The minimum absolute atomic E-state index is 0. The molecule has 0 saturated carbocycles. The quantitative estimate of drug-likeness (QED) is 0.138. The minimum atomic E-state index is -5.73. The van der Waals surface area contributed by atoms with Crippen molar-refractivity contribution < 1.29 is 61.4 Å². The van der Waals surface area contributed by atoms with Crippen LogP contribution in [0.1, 0.15) is 6.23 Å². The van der Waals surface area contributed by atoms with Crippen molar-refractivity contribution in [2.45, 2.75) is 24.5 Å². The second kappa shape index (κ2) is 10.3. The third-order valence-corrected chi connectivity index (χ3v) is 7.08. The van der Waals surface area contributed by atoms with Crippen LogP contribution in [-0.4, -0.2) is 93.8 Å². The number of H-pyrrole nitrogens is 1. The first-order valence-corrected chi connectivity index (χ1v) is 11.7. The Hall–Kier alpha value is -0.0300. The number of phosphoric ester groups is 1. The molecule has 6 unspecified atom stereocenters. The second-order valence-corrected chi connectivity index (χ2v) is 9.87. The molecule has 7 N–H and O–H groups in total. The first kappa shape index (κ1) is 28.0. The van der Waals surface area contributed by atoms with E-state index in [-0.39, 0.29) is 29.6 Å². The van der Waals surface area contributed by atoms with Crippen molar-refractivity contribution >= 4 is 53.0 Å². The maximum Gasteiger partial charge on any atom is 0.490 e. The zero-order chi connectivity index (χ0) is 22.2. The summed E-state index contributed by atoms with van der Waals surface area (Å²) in [5.74, 6) is 0. The summed E-state index contributed by atoms with van der Waals surface area (Å²) in [6.45, 7) is -1.05. The Balaban J connectivity index is 0.00000450. The van der Waals surface area contributed by atoms with Gasteiger partial charge in [0.15, 0.2) is 6.23 Å². The molecule has 0 bridgehead atoms. The van der Waals surface area contributed by atoms with Crippen molar-refractivity contribution in [1.29, 1.82) is 0 Å². The number of ether oxygens (including phenoxy) is 1. The summed E-state index contributed by atoms with van der Waals surface area (Å²) in [7, 11) is -16.8. The molecule has 1 saturated heterocycles. The van der Waals surface area contributed by atoms with Gasteiger partial charge in [-0.25, -0.2) is 18.5 Å². The largest absolute Gasteiger partial charge is 0.490 e. The summed E-state index contributed by atoms with van der Waals surface area (Å²) in [6, 6.07) is 0.920. The van der Waals surface area contributed by atoms with E-state index in [0.29, 0.717) is 4.57 Å². The van der Waals surface area contributed by atoms with E-state index in [4.69, 9.17) is 19.4 Å². The van der Waals surface area contributed by atoms with Gasteiger partial charge in [-0.3, -0.25) is 18.9 Å². The first-order chi connectivity index (χ1) is 13.1. The van der Waals surface area contributed by atoms with Crippen LogP contribution in [-0.2, 0) is 31.6 Å². The minimum Gasteiger partial charge on any atom is -0.387 e. The fraction of sp³-hybridized carbons (Fsp3) is 0.556. The van der Waals surface area contributed by atoms with Gasteiger partial charge in [0.2, 0.25) is 0 Å². The monoisotopic (exact) mass is 507 g/mol. The maximum atomic E-state index is 11.7. The number of hydrogen-bond donors (Lipinski definition) is 7. The Kier molecular flexibility index (Phi) is 9.59. The molecule has 0 spiro atoms. The van der Waals surface area contributed by atoms with Crippen molar-refractivity contribution in [2.24, 2.45) is 0 Å². The average molecular weight is 507 g/mol. The first-order valence-electron chi connectivity index (χ1n) is 7.22. The Labute approximate surface area is 188 Å². The van der Waals surface area contributed by atoms with E-state index in [9.17, 15) is 38.4 Å². The fourth-order valence-electron chi connectivity index (χ4n) is 2.20. The summed E-state index contributed by atoms with van der Waals surface area (Å²) in [6.07, 6.45) is -5.70. The molecule has 6 atom stereocenters. The second-order valence-electron chi connectivity index (χ2n) is 5.45. The van der Waals surface area contributed by atoms with Crippen LogP contribution < -0.4 is 11.2 Å². The van der Waals surface area contributed by atoms with Gasteiger partial charge in [0.1, 0.15) is 18.3 Å². The van der Waals surface area contributed by atoms with Crippen LogP contribution in [0.25, 0.3) is 0 Å². The topological polar surface area (TPSA) is 264 Å². The van der Waals surface area contributed by atoms with Crippen LogP contribution in [0, 0.1) is 0 Å². The van der Waals surface area contributed by atoms with E-state index in [2.05, 4.69) is 13.1 Å². The zero-order valence-corrected chi connectivity index (χ0v) is 19.5. The van der Waals surface area contributed by atoms with Gasteiger partial charge in [0, 0.05) is 41.8 Å². The molecule has 167 valence electrons. The van der Waals surface area contributed by atoms with Crippen molar-refractivity contribution in [3.8, 4) is 0 Å². The zero-order valence-electron chi connectivity index (χ0n) is 14.8. The molecule has 2 rings (SSSR count). The SMILES string of the molecule is O=c1ccn(C2OC(COP(=O)(O)OP(=O)(O)OP(=O)(O)O)C(O)C2O)c(=O)[nH]1.[Na]. The van der Waals surface area contributed by atoms with Crippen LogP contribution in [0.5, 0.6) is 0 Å². The molecular formula is C9H15N2NaO15P3. The van der Waals surface area contributed by atoms with E-state index in [1.165, 1.54) is 0 Å². The number of phosphoric acid groups is 3. The fourth-order valence-corrected chi connectivity index (χ4v) is 5.23.